The first-order chi connectivity index (χ1) is 13.7. The van der Waals surface area contributed by atoms with Crippen molar-refractivity contribution in [2.45, 2.75) is 91.6 Å². The Morgan fingerprint density at radius 2 is 1.32 bits per heavy atom. The van der Waals surface area contributed by atoms with Crippen LogP contribution in [0.3, 0.4) is 0 Å². The van der Waals surface area contributed by atoms with Gasteiger partial charge in [-0.15, -0.1) is 0 Å². The number of benzene rings is 1. The molecular formula is C26H46N2. The average molecular weight is 387 g/mol. The Balaban J connectivity index is 2.57. The van der Waals surface area contributed by atoms with Crippen LogP contribution in [-0.2, 0) is 0 Å². The quantitative estimate of drug-likeness (QED) is 0.281. The van der Waals surface area contributed by atoms with Crippen molar-refractivity contribution in [1.82, 2.24) is 10.6 Å². The summed E-state index contributed by atoms with van der Waals surface area (Å²) in [5.74, 6) is 1.59. The van der Waals surface area contributed by atoms with Gasteiger partial charge in [-0.3, -0.25) is 0 Å². The second-order valence-electron chi connectivity index (χ2n) is 8.25. The molecule has 0 aromatic heterocycles. The molecule has 2 atom stereocenters. The molecule has 0 amide bonds. The Hall–Kier alpha value is -1.12. The molecule has 2 unspecified atom stereocenters. The van der Waals surface area contributed by atoms with Crippen molar-refractivity contribution in [2.75, 3.05) is 13.1 Å². The van der Waals surface area contributed by atoms with E-state index in [0.29, 0.717) is 6.17 Å². The maximum atomic E-state index is 3.84. The van der Waals surface area contributed by atoms with Gasteiger partial charge < -0.3 is 10.6 Å². The molecule has 2 N–H and O–H groups in total. The lowest BCUT2D eigenvalue weighted by Crippen LogP contribution is -2.45. The summed E-state index contributed by atoms with van der Waals surface area (Å²) in [6.45, 7) is 11.5. The molecule has 1 aromatic rings. The molecule has 0 saturated heterocycles. The highest BCUT2D eigenvalue weighted by Crippen LogP contribution is 2.14. The molecule has 0 spiro atoms. The largest absolute Gasteiger partial charge is 0.301 e. The van der Waals surface area contributed by atoms with E-state index in [4.69, 9.17) is 0 Å². The Labute approximate surface area is 175 Å². The predicted molar refractivity (Wildman–Crippen MR) is 126 cm³/mol. The van der Waals surface area contributed by atoms with Crippen LogP contribution in [0.4, 0.5) is 0 Å². The van der Waals surface area contributed by atoms with Crippen LogP contribution in [0.25, 0.3) is 6.08 Å². The second-order valence-corrected chi connectivity index (χ2v) is 8.25. The molecule has 0 radical (unpaired) electrons. The van der Waals surface area contributed by atoms with Crippen LogP contribution in [0.5, 0.6) is 0 Å². The van der Waals surface area contributed by atoms with Crippen molar-refractivity contribution in [1.29, 1.82) is 0 Å². The van der Waals surface area contributed by atoms with E-state index in [2.05, 4.69) is 80.8 Å². The maximum absolute atomic E-state index is 3.84. The lowest BCUT2D eigenvalue weighted by molar-refractivity contribution is 0.327. The summed E-state index contributed by atoms with van der Waals surface area (Å²) in [6, 6.07) is 10.6. The van der Waals surface area contributed by atoms with Gasteiger partial charge in [-0.2, -0.15) is 0 Å². The Morgan fingerprint density at radius 3 is 1.79 bits per heavy atom. The van der Waals surface area contributed by atoms with Gasteiger partial charge in [0, 0.05) is 0 Å². The van der Waals surface area contributed by atoms with E-state index in [1.807, 2.05) is 0 Å². The molecule has 0 bridgehead atoms. The van der Waals surface area contributed by atoms with E-state index < -0.39 is 0 Å². The van der Waals surface area contributed by atoms with E-state index in [0.717, 1.165) is 31.3 Å². The number of hydrogen-bond donors (Lipinski definition) is 2. The minimum absolute atomic E-state index is 0.367. The zero-order chi connectivity index (χ0) is 20.5. The summed E-state index contributed by atoms with van der Waals surface area (Å²) in [5, 5.41) is 7.68. The highest BCUT2D eigenvalue weighted by Gasteiger charge is 2.13. The predicted octanol–water partition coefficient (Wildman–Crippen LogP) is 7.03. The third kappa shape index (κ3) is 11.7. The minimum atomic E-state index is 0.367. The van der Waals surface area contributed by atoms with Crippen LogP contribution in [0.15, 0.2) is 36.4 Å². The van der Waals surface area contributed by atoms with Crippen molar-refractivity contribution < 1.29 is 0 Å². The highest BCUT2D eigenvalue weighted by atomic mass is 15.1. The molecule has 0 aliphatic rings. The standard InChI is InChI=1S/C26H46N2/c1-5-9-15-23(7-3)21-27-26(28-22-24(8-4)16-10-6-2)20-14-19-25-17-12-11-13-18-25/h11-14,17-19,23-24,26-28H,5-10,15-16,20-22H2,1-4H3. The highest BCUT2D eigenvalue weighted by molar-refractivity contribution is 5.48. The van der Waals surface area contributed by atoms with Gasteiger partial charge in [0.1, 0.15) is 0 Å². The van der Waals surface area contributed by atoms with E-state index in [-0.39, 0.29) is 0 Å². The summed E-state index contributed by atoms with van der Waals surface area (Å²) < 4.78 is 0. The first-order valence-corrected chi connectivity index (χ1v) is 11.9. The average Bonchev–Trinajstić information content (AvgIpc) is 2.74. The van der Waals surface area contributed by atoms with Crippen molar-refractivity contribution in [2.24, 2.45) is 11.8 Å². The SMILES string of the molecule is CCCCC(CC)CNC(CC=Cc1ccccc1)NCC(CC)CCCC. The lowest BCUT2D eigenvalue weighted by atomic mass is 9.98. The molecule has 0 aliphatic carbocycles. The molecule has 1 rings (SSSR count). The van der Waals surface area contributed by atoms with Crippen LogP contribution in [0.1, 0.15) is 91.0 Å². The molecule has 0 saturated carbocycles. The summed E-state index contributed by atoms with van der Waals surface area (Å²) in [4.78, 5) is 0. The smallest absolute Gasteiger partial charge is 0.0607 e. The third-order valence-corrected chi connectivity index (χ3v) is 5.87. The zero-order valence-electron chi connectivity index (χ0n) is 19.1. The van der Waals surface area contributed by atoms with Crippen LogP contribution in [-0.4, -0.2) is 19.3 Å². The zero-order valence-corrected chi connectivity index (χ0v) is 19.1. The molecule has 0 fully saturated rings. The number of hydrogen-bond acceptors (Lipinski definition) is 2. The van der Waals surface area contributed by atoms with Gasteiger partial charge in [0.25, 0.3) is 0 Å². The number of rotatable bonds is 17. The molecule has 28 heavy (non-hydrogen) atoms. The van der Waals surface area contributed by atoms with Gasteiger partial charge in [0.2, 0.25) is 0 Å². The van der Waals surface area contributed by atoms with Crippen LogP contribution in [0.2, 0.25) is 0 Å². The van der Waals surface area contributed by atoms with Crippen molar-refractivity contribution in [3.63, 3.8) is 0 Å². The van der Waals surface area contributed by atoms with E-state index in [1.165, 1.54) is 56.9 Å². The van der Waals surface area contributed by atoms with Gasteiger partial charge in [0.15, 0.2) is 0 Å². The van der Waals surface area contributed by atoms with Gasteiger partial charge in [-0.25, -0.2) is 0 Å². The van der Waals surface area contributed by atoms with E-state index in [1.54, 1.807) is 0 Å². The van der Waals surface area contributed by atoms with Crippen molar-refractivity contribution >= 4 is 6.08 Å². The molecule has 2 nitrogen and oxygen atoms in total. The second kappa shape index (κ2) is 16.8. The fourth-order valence-corrected chi connectivity index (χ4v) is 3.65. The first-order valence-electron chi connectivity index (χ1n) is 11.9. The normalized spacial score (nSPS) is 15.0. The summed E-state index contributed by atoms with van der Waals surface area (Å²) in [5.41, 5.74) is 1.28. The fourth-order valence-electron chi connectivity index (χ4n) is 3.65. The fraction of sp³-hybridized carbons (Fsp3) is 0.692. The van der Waals surface area contributed by atoms with Crippen LogP contribution >= 0.6 is 0 Å². The molecule has 2 heteroatoms. The first kappa shape index (κ1) is 24.9. The maximum Gasteiger partial charge on any atom is 0.0607 e. The molecule has 0 aliphatic heterocycles. The monoisotopic (exact) mass is 386 g/mol. The van der Waals surface area contributed by atoms with Gasteiger partial charge in [-0.1, -0.05) is 109 Å². The van der Waals surface area contributed by atoms with Crippen molar-refractivity contribution in [3.05, 3.63) is 42.0 Å². The molecular weight excluding hydrogens is 340 g/mol. The van der Waals surface area contributed by atoms with Gasteiger partial charge in [-0.05, 0) is 49.8 Å². The topological polar surface area (TPSA) is 24.1 Å². The molecule has 160 valence electrons. The third-order valence-electron chi connectivity index (χ3n) is 5.87. The Morgan fingerprint density at radius 1 is 0.786 bits per heavy atom. The van der Waals surface area contributed by atoms with Crippen LogP contribution in [0, 0.1) is 11.8 Å². The molecule has 0 heterocycles. The Bertz CT molecular complexity index is 462. The number of nitrogens with one attached hydrogen (secondary N) is 2. The number of unbranched alkanes of at least 4 members (excludes halogenated alkanes) is 2. The van der Waals surface area contributed by atoms with E-state index in [9.17, 15) is 0 Å². The van der Waals surface area contributed by atoms with Crippen LogP contribution < -0.4 is 10.6 Å². The van der Waals surface area contributed by atoms with Gasteiger partial charge in [0.05, 0.1) is 6.17 Å². The van der Waals surface area contributed by atoms with E-state index >= 15 is 0 Å². The van der Waals surface area contributed by atoms with Crippen molar-refractivity contribution in [3.8, 4) is 0 Å². The molecule has 1 aromatic carbocycles. The van der Waals surface area contributed by atoms with Gasteiger partial charge >= 0.3 is 0 Å². The Kier molecular flexibility index (Phi) is 15.0. The minimum Gasteiger partial charge on any atom is -0.301 e. The summed E-state index contributed by atoms with van der Waals surface area (Å²) >= 11 is 0. The summed E-state index contributed by atoms with van der Waals surface area (Å²) in [6.07, 6.45) is 16.5. The summed E-state index contributed by atoms with van der Waals surface area (Å²) in [7, 11) is 0. The lowest BCUT2D eigenvalue weighted by Gasteiger charge is -2.25.